The van der Waals surface area contributed by atoms with Crippen molar-refractivity contribution in [2.45, 2.75) is 25.3 Å². The topological polar surface area (TPSA) is 71.8 Å². The number of piperidine rings is 1. The average Bonchev–Trinajstić information content (AvgIpc) is 3.15. The zero-order valence-corrected chi connectivity index (χ0v) is 17.0. The number of carbonyl (C=O) groups excluding carboxylic acids is 2. The second-order valence-electron chi connectivity index (χ2n) is 8.54. The first kappa shape index (κ1) is 18.9. The minimum absolute atomic E-state index is 0.0207. The van der Waals surface area contributed by atoms with E-state index >= 15 is 0 Å². The van der Waals surface area contributed by atoms with Crippen molar-refractivity contribution in [3.05, 3.63) is 58.5 Å². The Morgan fingerprint density at radius 1 is 1.00 bits per heavy atom. The number of rotatable bonds is 3. The van der Waals surface area contributed by atoms with E-state index in [2.05, 4.69) is 0 Å². The van der Waals surface area contributed by atoms with E-state index in [9.17, 15) is 14.4 Å². The standard InChI is InChI=1S/C23H25N3O4/c1-30-19-7-5-18(6-8-19)25-14-17(10-22(25)28)23(29)24-11-15-9-16(13-24)20-3-2-4-21(27)26(20)12-15/h2-8,15-17H,9-14H2,1H3/t15-,16+,17+/m1/s1. The first-order valence-corrected chi connectivity index (χ1v) is 10.5. The predicted octanol–water partition coefficient (Wildman–Crippen LogP) is 1.86. The molecular weight excluding hydrogens is 382 g/mol. The van der Waals surface area contributed by atoms with Gasteiger partial charge in [0.2, 0.25) is 11.8 Å². The number of amides is 2. The van der Waals surface area contributed by atoms with Gasteiger partial charge in [0.15, 0.2) is 0 Å². The summed E-state index contributed by atoms with van der Waals surface area (Å²) in [5, 5.41) is 0. The minimum Gasteiger partial charge on any atom is -0.497 e. The van der Waals surface area contributed by atoms with Gasteiger partial charge in [-0.15, -0.1) is 0 Å². The van der Waals surface area contributed by atoms with E-state index in [-0.39, 0.29) is 41.5 Å². The van der Waals surface area contributed by atoms with Gasteiger partial charge in [-0.1, -0.05) is 6.07 Å². The number of hydrogen-bond donors (Lipinski definition) is 0. The smallest absolute Gasteiger partial charge is 0.250 e. The number of aromatic nitrogens is 1. The molecule has 1 aromatic heterocycles. The Hall–Kier alpha value is -3.09. The first-order chi connectivity index (χ1) is 14.5. The number of ether oxygens (including phenoxy) is 1. The Bertz CT molecular complexity index is 1050. The van der Waals surface area contributed by atoms with Gasteiger partial charge in [-0.25, -0.2) is 0 Å². The molecule has 7 nitrogen and oxygen atoms in total. The molecule has 0 aliphatic carbocycles. The third-order valence-electron chi connectivity index (χ3n) is 6.65. The number of nitrogens with zero attached hydrogens (tertiary/aromatic N) is 3. The maximum Gasteiger partial charge on any atom is 0.250 e. The second kappa shape index (κ2) is 7.31. The fourth-order valence-electron chi connectivity index (χ4n) is 5.22. The molecule has 2 aromatic rings. The van der Waals surface area contributed by atoms with Crippen molar-refractivity contribution in [3.8, 4) is 5.75 Å². The van der Waals surface area contributed by atoms with Gasteiger partial charge in [-0.05, 0) is 42.7 Å². The van der Waals surface area contributed by atoms with Crippen LogP contribution in [0.4, 0.5) is 5.69 Å². The van der Waals surface area contributed by atoms with E-state index in [1.807, 2.05) is 39.8 Å². The molecule has 0 radical (unpaired) electrons. The van der Waals surface area contributed by atoms with Gasteiger partial charge in [0, 0.05) is 56.0 Å². The lowest BCUT2D eigenvalue weighted by atomic mass is 9.82. The molecule has 2 bridgehead atoms. The highest BCUT2D eigenvalue weighted by atomic mass is 16.5. The van der Waals surface area contributed by atoms with Crippen LogP contribution in [0.25, 0.3) is 0 Å². The highest BCUT2D eigenvalue weighted by Gasteiger charge is 2.41. The van der Waals surface area contributed by atoms with Crippen molar-refractivity contribution in [2.75, 3.05) is 31.6 Å². The fraction of sp³-hybridized carbons (Fsp3) is 0.435. The first-order valence-electron chi connectivity index (χ1n) is 10.5. The number of benzene rings is 1. The normalized spacial score (nSPS) is 25.2. The van der Waals surface area contributed by atoms with Gasteiger partial charge in [-0.3, -0.25) is 14.4 Å². The number of likely N-dealkylation sites (tertiary alicyclic amines) is 1. The van der Waals surface area contributed by atoms with E-state index in [1.165, 1.54) is 0 Å². The van der Waals surface area contributed by atoms with E-state index in [0.717, 1.165) is 23.6 Å². The van der Waals surface area contributed by atoms with Crippen molar-refractivity contribution in [3.63, 3.8) is 0 Å². The zero-order chi connectivity index (χ0) is 20.8. The molecule has 1 aromatic carbocycles. The molecule has 4 heterocycles. The van der Waals surface area contributed by atoms with Gasteiger partial charge in [0.1, 0.15) is 5.75 Å². The molecule has 5 rings (SSSR count). The Labute approximate surface area is 174 Å². The number of fused-ring (bicyclic) bond motifs is 4. The molecule has 0 N–H and O–H groups in total. The van der Waals surface area contributed by atoms with Crippen molar-refractivity contribution in [1.29, 1.82) is 0 Å². The van der Waals surface area contributed by atoms with Crippen LogP contribution in [0, 0.1) is 11.8 Å². The average molecular weight is 407 g/mol. The largest absolute Gasteiger partial charge is 0.497 e. The van der Waals surface area contributed by atoms with Crippen molar-refractivity contribution in [2.24, 2.45) is 11.8 Å². The Morgan fingerprint density at radius 2 is 1.80 bits per heavy atom. The van der Waals surface area contributed by atoms with Gasteiger partial charge < -0.3 is 19.1 Å². The highest BCUT2D eigenvalue weighted by molar-refractivity contribution is 6.00. The summed E-state index contributed by atoms with van der Waals surface area (Å²) in [5.41, 5.74) is 1.86. The summed E-state index contributed by atoms with van der Waals surface area (Å²) >= 11 is 0. The summed E-state index contributed by atoms with van der Waals surface area (Å²) in [4.78, 5) is 41.7. The Kier molecular flexibility index (Phi) is 4.60. The summed E-state index contributed by atoms with van der Waals surface area (Å²) in [7, 11) is 1.60. The number of methoxy groups -OCH3 is 1. The molecule has 3 aliphatic rings. The molecule has 2 amide bonds. The van der Waals surface area contributed by atoms with Crippen molar-refractivity contribution in [1.82, 2.24) is 9.47 Å². The highest BCUT2D eigenvalue weighted by Crippen LogP contribution is 2.36. The third kappa shape index (κ3) is 3.18. The summed E-state index contributed by atoms with van der Waals surface area (Å²) in [6.07, 6.45) is 1.25. The molecule has 3 atom stereocenters. The molecule has 7 heteroatoms. The van der Waals surface area contributed by atoms with Crippen LogP contribution in [0.5, 0.6) is 5.75 Å². The van der Waals surface area contributed by atoms with Crippen LogP contribution in [0.15, 0.2) is 47.3 Å². The van der Waals surface area contributed by atoms with Gasteiger partial charge in [0.25, 0.3) is 5.56 Å². The number of hydrogen-bond acceptors (Lipinski definition) is 4. The number of anilines is 1. The molecule has 0 saturated carbocycles. The zero-order valence-electron chi connectivity index (χ0n) is 17.0. The van der Waals surface area contributed by atoms with E-state index in [0.29, 0.717) is 26.2 Å². The molecular formula is C23H25N3O4. The van der Waals surface area contributed by atoms with E-state index in [1.54, 1.807) is 24.1 Å². The van der Waals surface area contributed by atoms with Crippen LogP contribution < -0.4 is 15.2 Å². The summed E-state index contributed by atoms with van der Waals surface area (Å²) in [6, 6.07) is 12.8. The second-order valence-corrected chi connectivity index (χ2v) is 8.54. The molecule has 0 spiro atoms. The predicted molar refractivity (Wildman–Crippen MR) is 112 cm³/mol. The van der Waals surface area contributed by atoms with Crippen molar-refractivity contribution >= 4 is 17.5 Å². The van der Waals surface area contributed by atoms with Crippen LogP contribution in [0.1, 0.15) is 24.5 Å². The quantitative estimate of drug-likeness (QED) is 0.779. The molecule has 30 heavy (non-hydrogen) atoms. The lowest BCUT2D eigenvalue weighted by Gasteiger charge is -2.43. The van der Waals surface area contributed by atoms with Crippen LogP contribution in [0.2, 0.25) is 0 Å². The van der Waals surface area contributed by atoms with Crippen molar-refractivity contribution < 1.29 is 14.3 Å². The molecule has 2 saturated heterocycles. The lowest BCUT2D eigenvalue weighted by Crippen LogP contribution is -2.50. The van der Waals surface area contributed by atoms with Gasteiger partial charge in [0.05, 0.1) is 13.0 Å². The monoisotopic (exact) mass is 407 g/mol. The van der Waals surface area contributed by atoms with Gasteiger partial charge in [-0.2, -0.15) is 0 Å². The van der Waals surface area contributed by atoms with Crippen LogP contribution >= 0.6 is 0 Å². The summed E-state index contributed by atoms with van der Waals surface area (Å²) in [6.45, 7) is 2.35. The van der Waals surface area contributed by atoms with Gasteiger partial charge >= 0.3 is 0 Å². The molecule has 3 aliphatic heterocycles. The Balaban J connectivity index is 1.31. The summed E-state index contributed by atoms with van der Waals surface area (Å²) < 4.78 is 7.05. The minimum atomic E-state index is -0.323. The number of carbonyl (C=O) groups is 2. The molecule has 0 unspecified atom stereocenters. The van der Waals surface area contributed by atoms with E-state index in [4.69, 9.17) is 4.74 Å². The van der Waals surface area contributed by atoms with E-state index < -0.39 is 0 Å². The fourth-order valence-corrected chi connectivity index (χ4v) is 5.22. The lowest BCUT2D eigenvalue weighted by molar-refractivity contribution is -0.138. The summed E-state index contributed by atoms with van der Waals surface area (Å²) in [5.74, 6) is 0.919. The van der Waals surface area contributed by atoms with Crippen LogP contribution in [-0.2, 0) is 16.1 Å². The molecule has 156 valence electrons. The van der Waals surface area contributed by atoms with Crippen LogP contribution in [-0.4, -0.2) is 48.0 Å². The van der Waals surface area contributed by atoms with Crippen LogP contribution in [0.3, 0.4) is 0 Å². The Morgan fingerprint density at radius 3 is 2.57 bits per heavy atom. The SMILES string of the molecule is COc1ccc(N2C[C@@H](C(=O)N3C[C@H]4C[C@@H](C3)c3cccc(=O)n3C4)CC2=O)cc1. The molecule has 2 fully saturated rings. The number of pyridine rings is 1. The maximum atomic E-state index is 13.3. The third-order valence-corrected chi connectivity index (χ3v) is 6.65. The maximum absolute atomic E-state index is 13.3.